The van der Waals surface area contributed by atoms with E-state index in [1.807, 2.05) is 0 Å². The summed E-state index contributed by atoms with van der Waals surface area (Å²) in [6.07, 6.45) is 1.63. The molecule has 2 aromatic rings. The predicted octanol–water partition coefficient (Wildman–Crippen LogP) is 2.05. The van der Waals surface area contributed by atoms with Gasteiger partial charge in [-0.2, -0.15) is 0 Å². The molecule has 8 heteroatoms. The Morgan fingerprint density at radius 2 is 2.30 bits per heavy atom. The van der Waals surface area contributed by atoms with Gasteiger partial charge in [-0.1, -0.05) is 6.07 Å². The number of amides is 1. The minimum absolute atomic E-state index is 0.119. The van der Waals surface area contributed by atoms with E-state index >= 15 is 0 Å². The number of nitrogens with one attached hydrogen (secondary N) is 1. The highest BCUT2D eigenvalue weighted by atomic mass is 35.5. The summed E-state index contributed by atoms with van der Waals surface area (Å²) in [6, 6.07) is 6.73. The maximum Gasteiger partial charge on any atom is 0.266 e. The molecule has 1 aromatic carbocycles. The topological polar surface area (TPSA) is 65.4 Å². The Morgan fingerprint density at radius 1 is 1.50 bits per heavy atom. The van der Waals surface area contributed by atoms with E-state index in [1.54, 1.807) is 30.5 Å². The second-order valence-corrected chi connectivity index (χ2v) is 4.37. The largest absolute Gasteiger partial charge is 0.496 e. The number of benzene rings is 1. The van der Waals surface area contributed by atoms with Crippen molar-refractivity contribution in [1.29, 1.82) is 0 Å². The molecule has 0 bridgehead atoms. The van der Waals surface area contributed by atoms with E-state index in [9.17, 15) is 4.79 Å². The van der Waals surface area contributed by atoms with Crippen LogP contribution in [0.25, 0.3) is 0 Å². The quantitative estimate of drug-likeness (QED) is 0.655. The van der Waals surface area contributed by atoms with Gasteiger partial charge in [-0.15, -0.1) is 5.10 Å². The van der Waals surface area contributed by atoms with Crippen molar-refractivity contribution in [2.75, 3.05) is 7.11 Å². The third-order valence-corrected chi connectivity index (χ3v) is 2.99. The van der Waals surface area contributed by atoms with Crippen LogP contribution in [-0.4, -0.2) is 22.2 Å². The number of hydrogen-bond donors (Lipinski definition) is 2. The van der Waals surface area contributed by atoms with E-state index in [2.05, 4.69) is 22.7 Å². The van der Waals surface area contributed by atoms with Gasteiger partial charge in [0, 0.05) is 29.6 Å². The summed E-state index contributed by atoms with van der Waals surface area (Å²) in [5.74, 6) is 0.500. The SMILES string of the molecule is COc1cccc(C(=O)NCl)c1COc1ccn(S)n1. The third kappa shape index (κ3) is 3.17. The molecule has 0 atom stereocenters. The highest BCUT2D eigenvalue weighted by Gasteiger charge is 2.16. The molecule has 0 fully saturated rings. The molecule has 0 radical (unpaired) electrons. The molecule has 0 saturated carbocycles. The van der Waals surface area contributed by atoms with Crippen molar-refractivity contribution < 1.29 is 14.3 Å². The summed E-state index contributed by atoms with van der Waals surface area (Å²) < 4.78 is 12.1. The number of methoxy groups -OCH3 is 1. The van der Waals surface area contributed by atoms with Gasteiger partial charge in [0.2, 0.25) is 5.88 Å². The fourth-order valence-electron chi connectivity index (χ4n) is 1.69. The van der Waals surface area contributed by atoms with Crippen LogP contribution < -0.4 is 14.3 Å². The second kappa shape index (κ2) is 6.53. The Morgan fingerprint density at radius 3 is 2.90 bits per heavy atom. The van der Waals surface area contributed by atoms with Crippen molar-refractivity contribution in [3.63, 3.8) is 0 Å². The molecule has 0 spiro atoms. The molecular weight excluding hydrogens is 302 g/mol. The Labute approximate surface area is 126 Å². The molecule has 1 aromatic heterocycles. The molecule has 20 heavy (non-hydrogen) atoms. The molecule has 106 valence electrons. The van der Waals surface area contributed by atoms with Crippen molar-refractivity contribution >= 4 is 30.5 Å². The van der Waals surface area contributed by atoms with Gasteiger partial charge < -0.3 is 9.47 Å². The Kier molecular flexibility index (Phi) is 4.75. The predicted molar refractivity (Wildman–Crippen MR) is 77.3 cm³/mol. The first-order valence-electron chi connectivity index (χ1n) is 5.60. The maximum absolute atomic E-state index is 11.7. The zero-order chi connectivity index (χ0) is 14.5. The van der Waals surface area contributed by atoms with E-state index in [-0.39, 0.29) is 6.61 Å². The summed E-state index contributed by atoms with van der Waals surface area (Å²) in [5.41, 5.74) is 0.964. The van der Waals surface area contributed by atoms with Crippen molar-refractivity contribution in [3.8, 4) is 11.6 Å². The summed E-state index contributed by atoms with van der Waals surface area (Å²) in [6.45, 7) is 0.119. The molecule has 2 rings (SSSR count). The van der Waals surface area contributed by atoms with Crippen LogP contribution in [0.2, 0.25) is 0 Å². The van der Waals surface area contributed by atoms with Crippen LogP contribution in [0.1, 0.15) is 15.9 Å². The molecule has 0 aliphatic carbocycles. The van der Waals surface area contributed by atoms with Crippen LogP contribution in [0, 0.1) is 0 Å². The lowest BCUT2D eigenvalue weighted by Gasteiger charge is -2.12. The molecule has 1 N–H and O–H groups in total. The van der Waals surface area contributed by atoms with Crippen molar-refractivity contribution in [1.82, 2.24) is 14.0 Å². The minimum atomic E-state index is -0.427. The number of carbonyl (C=O) groups excluding carboxylic acids is 1. The number of halogens is 1. The lowest BCUT2D eigenvalue weighted by atomic mass is 10.1. The van der Waals surface area contributed by atoms with Gasteiger partial charge in [0.1, 0.15) is 12.4 Å². The monoisotopic (exact) mass is 313 g/mol. The first-order valence-corrected chi connectivity index (χ1v) is 6.38. The molecule has 0 aliphatic heterocycles. The van der Waals surface area contributed by atoms with Crippen molar-refractivity contribution in [3.05, 3.63) is 41.6 Å². The summed E-state index contributed by atoms with van der Waals surface area (Å²) in [7, 11) is 1.52. The first-order chi connectivity index (χ1) is 9.65. The van der Waals surface area contributed by atoms with Gasteiger partial charge in [-0.3, -0.25) is 9.63 Å². The number of rotatable bonds is 5. The number of thiol groups is 1. The van der Waals surface area contributed by atoms with E-state index in [1.165, 1.54) is 11.2 Å². The Hall–Kier alpha value is -1.86. The lowest BCUT2D eigenvalue weighted by molar-refractivity contribution is 0.0978. The standard InChI is InChI=1S/C12H12ClN3O3S/c1-18-10-4-2-3-8(12(17)14-13)9(10)7-19-11-5-6-16(20)15-11/h2-6,20H,7H2,1H3,(H,14,17). The Bertz CT molecular complexity index is 618. The average Bonchev–Trinajstić information content (AvgIpc) is 2.89. The van der Waals surface area contributed by atoms with E-state index in [0.717, 1.165) is 0 Å². The number of aromatic nitrogens is 2. The third-order valence-electron chi connectivity index (χ3n) is 2.60. The number of nitrogens with zero attached hydrogens (tertiary/aromatic N) is 2. The van der Waals surface area contributed by atoms with Crippen LogP contribution >= 0.6 is 24.6 Å². The minimum Gasteiger partial charge on any atom is -0.496 e. The molecule has 0 saturated heterocycles. The molecule has 6 nitrogen and oxygen atoms in total. The van der Waals surface area contributed by atoms with Crippen LogP contribution in [0.3, 0.4) is 0 Å². The van der Waals surface area contributed by atoms with E-state index in [4.69, 9.17) is 21.3 Å². The fraction of sp³-hybridized carbons (Fsp3) is 0.167. The van der Waals surface area contributed by atoms with Crippen LogP contribution in [0.4, 0.5) is 0 Å². The summed E-state index contributed by atoms with van der Waals surface area (Å²) in [4.78, 5) is 13.8. The molecule has 0 unspecified atom stereocenters. The van der Waals surface area contributed by atoms with Crippen LogP contribution in [0.15, 0.2) is 30.5 Å². The fourth-order valence-corrected chi connectivity index (χ4v) is 1.95. The lowest BCUT2D eigenvalue weighted by Crippen LogP contribution is -2.16. The highest BCUT2D eigenvalue weighted by Crippen LogP contribution is 2.24. The highest BCUT2D eigenvalue weighted by molar-refractivity contribution is 7.78. The number of carbonyl (C=O) groups is 1. The smallest absolute Gasteiger partial charge is 0.266 e. The van der Waals surface area contributed by atoms with Gasteiger partial charge in [-0.25, -0.2) is 4.09 Å². The van der Waals surface area contributed by atoms with Crippen molar-refractivity contribution in [2.45, 2.75) is 6.61 Å². The Balaban J connectivity index is 2.26. The van der Waals surface area contributed by atoms with Crippen molar-refractivity contribution in [2.24, 2.45) is 0 Å². The zero-order valence-corrected chi connectivity index (χ0v) is 12.2. The summed E-state index contributed by atoms with van der Waals surface area (Å²) in [5, 5.41) is 3.97. The summed E-state index contributed by atoms with van der Waals surface area (Å²) >= 11 is 9.38. The van der Waals surface area contributed by atoms with E-state index < -0.39 is 5.91 Å². The van der Waals surface area contributed by atoms with Gasteiger partial charge in [-0.05, 0) is 24.9 Å². The molecule has 1 amide bonds. The molecular formula is C12H12ClN3O3S. The average molecular weight is 314 g/mol. The number of hydrogen-bond acceptors (Lipinski definition) is 5. The molecule has 1 heterocycles. The normalized spacial score (nSPS) is 10.2. The van der Waals surface area contributed by atoms with E-state index in [0.29, 0.717) is 22.8 Å². The van der Waals surface area contributed by atoms with Gasteiger partial charge >= 0.3 is 0 Å². The van der Waals surface area contributed by atoms with Crippen LogP contribution in [0.5, 0.6) is 11.6 Å². The van der Waals surface area contributed by atoms with Gasteiger partial charge in [0.05, 0.1) is 12.7 Å². The first kappa shape index (κ1) is 14.5. The zero-order valence-electron chi connectivity index (χ0n) is 10.5. The number of ether oxygens (including phenoxy) is 2. The van der Waals surface area contributed by atoms with Crippen LogP contribution in [-0.2, 0) is 6.61 Å². The van der Waals surface area contributed by atoms with Gasteiger partial charge in [0.15, 0.2) is 0 Å². The molecule has 0 aliphatic rings. The second-order valence-electron chi connectivity index (χ2n) is 3.77. The maximum atomic E-state index is 11.7. The van der Waals surface area contributed by atoms with Gasteiger partial charge in [0.25, 0.3) is 5.91 Å².